The Morgan fingerprint density at radius 2 is 1.91 bits per heavy atom. The molecule has 0 aliphatic carbocycles. The molecule has 2 aromatic rings. The van der Waals surface area contributed by atoms with Gasteiger partial charge in [0.25, 0.3) is 5.91 Å². The van der Waals surface area contributed by atoms with E-state index in [2.05, 4.69) is 6.58 Å². The number of morpholine rings is 1. The first kappa shape index (κ1) is 23.7. The molecule has 34 heavy (non-hydrogen) atoms. The molecule has 0 saturated carbocycles. The quantitative estimate of drug-likeness (QED) is 0.258. The van der Waals surface area contributed by atoms with Crippen molar-refractivity contribution in [1.29, 1.82) is 0 Å². The number of nitrogens with one attached hydrogen (secondary N) is 1. The average Bonchev–Trinajstić information content (AvgIpc) is 3.13. The summed E-state index contributed by atoms with van der Waals surface area (Å²) in [5, 5.41) is 13.4. The van der Waals surface area contributed by atoms with E-state index < -0.39 is 23.5 Å². The van der Waals surface area contributed by atoms with Crippen LogP contribution in [0.4, 0.5) is 0 Å². The van der Waals surface area contributed by atoms with Gasteiger partial charge in [-0.1, -0.05) is 60.9 Å². The number of hydrogen-bond donors (Lipinski definition) is 1. The molecule has 2 aromatic carbocycles. The third kappa shape index (κ3) is 5.21. The van der Waals surface area contributed by atoms with Crippen LogP contribution in [-0.4, -0.2) is 62.6 Å². The third-order valence-electron chi connectivity index (χ3n) is 6.24. The highest BCUT2D eigenvalue weighted by atomic mass is 16.5. The van der Waals surface area contributed by atoms with Crippen molar-refractivity contribution in [3.05, 3.63) is 84.0 Å². The van der Waals surface area contributed by atoms with Gasteiger partial charge in [-0.25, -0.2) is 0 Å². The Kier molecular flexibility index (Phi) is 7.77. The summed E-state index contributed by atoms with van der Waals surface area (Å²) >= 11 is 0. The van der Waals surface area contributed by atoms with E-state index >= 15 is 0 Å². The van der Waals surface area contributed by atoms with E-state index in [9.17, 15) is 14.7 Å². The fourth-order valence-corrected chi connectivity index (χ4v) is 4.53. The van der Waals surface area contributed by atoms with Crippen LogP contribution in [0.2, 0.25) is 0 Å². The van der Waals surface area contributed by atoms with Gasteiger partial charge >= 0.3 is 0 Å². The number of hydrogen-bond acceptors (Lipinski definition) is 5. The van der Waals surface area contributed by atoms with Gasteiger partial charge in [-0.15, -0.1) is 0 Å². The van der Waals surface area contributed by atoms with Crippen LogP contribution < -0.4 is 14.7 Å². The number of Topliss-reactive ketones (excluding diaryl/α,β-unsaturated/α-hetero) is 1. The number of nitrogens with zero attached hydrogens (tertiary/aromatic N) is 1. The highest BCUT2D eigenvalue weighted by molar-refractivity contribution is 6.46. The van der Waals surface area contributed by atoms with E-state index in [1.807, 2.05) is 12.1 Å². The number of rotatable bonds is 9. The van der Waals surface area contributed by atoms with E-state index in [1.165, 1.54) is 4.90 Å². The summed E-state index contributed by atoms with van der Waals surface area (Å²) < 4.78 is 11.1. The minimum absolute atomic E-state index is 0.00390. The van der Waals surface area contributed by atoms with Crippen LogP contribution in [0.25, 0.3) is 5.76 Å². The summed E-state index contributed by atoms with van der Waals surface area (Å²) in [7, 11) is 0. The first-order chi connectivity index (χ1) is 16.6. The summed E-state index contributed by atoms with van der Waals surface area (Å²) in [6.45, 7) is 8.60. The molecular formula is C27H30N2O5. The highest BCUT2D eigenvalue weighted by Gasteiger charge is 2.44. The second-order valence-corrected chi connectivity index (χ2v) is 8.48. The first-order valence-electron chi connectivity index (χ1n) is 11.7. The average molecular weight is 463 g/mol. The molecule has 178 valence electrons. The van der Waals surface area contributed by atoms with Crippen molar-refractivity contribution in [1.82, 2.24) is 4.90 Å². The van der Waals surface area contributed by atoms with Crippen LogP contribution in [0.3, 0.4) is 0 Å². The van der Waals surface area contributed by atoms with Crippen molar-refractivity contribution in [2.75, 3.05) is 46.0 Å². The topological polar surface area (TPSA) is 83.3 Å². The zero-order valence-corrected chi connectivity index (χ0v) is 19.2. The molecule has 2 aliphatic heterocycles. The Hall–Kier alpha value is -3.42. The molecule has 1 atom stereocenters. The van der Waals surface area contributed by atoms with Crippen LogP contribution in [0, 0.1) is 0 Å². The fraction of sp³-hybridized carbons (Fsp3) is 0.333. The van der Waals surface area contributed by atoms with Gasteiger partial charge in [0, 0.05) is 18.5 Å². The van der Waals surface area contributed by atoms with Gasteiger partial charge in [0.15, 0.2) is 0 Å². The Morgan fingerprint density at radius 1 is 1.15 bits per heavy atom. The molecular weight excluding hydrogens is 432 g/mol. The predicted octanol–water partition coefficient (Wildman–Crippen LogP) is 0.781. The molecule has 7 nitrogen and oxygen atoms in total. The maximum Gasteiger partial charge on any atom is 0.295 e. The van der Waals surface area contributed by atoms with E-state index in [1.54, 1.807) is 53.4 Å². The molecule has 1 N–H and O–H groups in total. The zero-order chi connectivity index (χ0) is 23.9. The smallest absolute Gasteiger partial charge is 0.295 e. The maximum absolute atomic E-state index is 13.4. The molecule has 2 aliphatic rings. The number of carbonyl (C=O) groups excluding carboxylic acids is 2. The molecule has 7 heteroatoms. The Bertz CT molecular complexity index is 1060. The fourth-order valence-electron chi connectivity index (χ4n) is 4.53. The summed E-state index contributed by atoms with van der Waals surface area (Å²) in [5.74, 6) is -1.18. The summed E-state index contributed by atoms with van der Waals surface area (Å²) in [6.07, 6.45) is 2.37. The van der Waals surface area contributed by atoms with Crippen molar-refractivity contribution in [2.45, 2.75) is 12.5 Å². The summed E-state index contributed by atoms with van der Waals surface area (Å²) in [5.41, 5.74) is 1.07. The molecule has 0 radical (unpaired) electrons. The molecule has 1 unspecified atom stereocenters. The van der Waals surface area contributed by atoms with E-state index in [-0.39, 0.29) is 5.57 Å². The second-order valence-electron chi connectivity index (χ2n) is 8.48. The van der Waals surface area contributed by atoms with Gasteiger partial charge in [-0.3, -0.25) is 9.59 Å². The van der Waals surface area contributed by atoms with Crippen LogP contribution >= 0.6 is 0 Å². The van der Waals surface area contributed by atoms with Gasteiger partial charge in [0.2, 0.25) is 5.78 Å². The van der Waals surface area contributed by atoms with Gasteiger partial charge in [0.1, 0.15) is 25.4 Å². The van der Waals surface area contributed by atoms with Gasteiger partial charge in [0.05, 0.1) is 25.8 Å². The maximum atomic E-state index is 13.4. The van der Waals surface area contributed by atoms with Crippen molar-refractivity contribution in [2.24, 2.45) is 0 Å². The zero-order valence-electron chi connectivity index (χ0n) is 19.2. The second kappa shape index (κ2) is 11.1. The van der Waals surface area contributed by atoms with E-state index in [0.29, 0.717) is 30.0 Å². The van der Waals surface area contributed by atoms with E-state index in [0.717, 1.165) is 39.3 Å². The third-order valence-corrected chi connectivity index (χ3v) is 6.24. The van der Waals surface area contributed by atoms with Crippen molar-refractivity contribution in [3.8, 4) is 5.75 Å². The van der Waals surface area contributed by atoms with Crippen LogP contribution in [-0.2, 0) is 14.3 Å². The Balaban J connectivity index is 1.67. The van der Waals surface area contributed by atoms with E-state index in [4.69, 9.17) is 9.47 Å². The van der Waals surface area contributed by atoms with Crippen LogP contribution in [0.5, 0.6) is 5.75 Å². The number of likely N-dealkylation sites (tertiary alicyclic amines) is 1. The first-order valence-corrected chi connectivity index (χ1v) is 11.7. The Labute approximate surface area is 199 Å². The largest absolute Gasteiger partial charge is 0.872 e. The SMILES string of the molecule is C=CCOc1cccc(C2/C(=C(\[O-])c3ccccc3)C(=O)C(=O)N2CCC[NH+]2CCOCC2)c1. The number of amides is 1. The predicted molar refractivity (Wildman–Crippen MR) is 126 cm³/mol. The molecule has 2 saturated heterocycles. The van der Waals surface area contributed by atoms with Crippen molar-refractivity contribution < 1.29 is 29.1 Å². The molecule has 0 spiro atoms. The number of ketones is 1. The lowest BCUT2D eigenvalue weighted by Gasteiger charge is -2.29. The monoisotopic (exact) mass is 462 g/mol. The minimum Gasteiger partial charge on any atom is -0.872 e. The molecule has 4 rings (SSSR count). The molecule has 2 heterocycles. The number of benzene rings is 2. The lowest BCUT2D eigenvalue weighted by Crippen LogP contribution is -3.14. The normalized spacial score (nSPS) is 20.5. The summed E-state index contributed by atoms with van der Waals surface area (Å²) in [6, 6.07) is 15.1. The molecule has 0 bridgehead atoms. The molecule has 1 amide bonds. The molecule has 2 fully saturated rings. The number of carbonyl (C=O) groups is 2. The highest BCUT2D eigenvalue weighted by Crippen LogP contribution is 2.39. The lowest BCUT2D eigenvalue weighted by molar-refractivity contribution is -0.908. The standard InChI is InChI=1S/C27H30N2O5/c1-2-16-34-22-11-6-10-21(19-22)24-23(25(30)20-8-4-3-5-9-20)26(31)27(32)29(24)13-7-12-28-14-17-33-18-15-28/h2-6,8-11,19,24,30H,1,7,12-18H2/b25-23+. The molecule has 0 aromatic heterocycles. The van der Waals surface area contributed by atoms with Gasteiger partial charge in [-0.05, 0) is 23.3 Å². The van der Waals surface area contributed by atoms with Crippen LogP contribution in [0.15, 0.2) is 72.8 Å². The lowest BCUT2D eigenvalue weighted by atomic mass is 9.95. The van der Waals surface area contributed by atoms with Gasteiger partial charge < -0.3 is 24.4 Å². The summed E-state index contributed by atoms with van der Waals surface area (Å²) in [4.78, 5) is 29.2. The van der Waals surface area contributed by atoms with Crippen molar-refractivity contribution in [3.63, 3.8) is 0 Å². The van der Waals surface area contributed by atoms with Gasteiger partial charge in [-0.2, -0.15) is 0 Å². The minimum atomic E-state index is -0.750. The Morgan fingerprint density at radius 3 is 2.65 bits per heavy atom. The number of ether oxygens (including phenoxy) is 2. The van der Waals surface area contributed by atoms with Crippen LogP contribution in [0.1, 0.15) is 23.6 Å². The number of quaternary nitrogens is 1. The van der Waals surface area contributed by atoms with Crippen molar-refractivity contribution >= 4 is 17.4 Å².